The van der Waals surface area contributed by atoms with Crippen LogP contribution in [0.2, 0.25) is 0 Å². The molecule has 0 unspecified atom stereocenters. The highest BCUT2D eigenvalue weighted by molar-refractivity contribution is 7.97. The fourth-order valence-electron chi connectivity index (χ4n) is 1.54. The number of hydrogen-bond acceptors (Lipinski definition) is 7. The highest BCUT2D eigenvalue weighted by atomic mass is 32.2. The summed E-state index contributed by atoms with van der Waals surface area (Å²) >= 11 is 2.38. The van der Waals surface area contributed by atoms with Crippen LogP contribution in [-0.2, 0) is 18.5 Å². The highest BCUT2D eigenvalue weighted by Crippen LogP contribution is 2.30. The van der Waals surface area contributed by atoms with Crippen molar-refractivity contribution in [3.05, 3.63) is 24.3 Å². The number of ether oxygens (including phenoxy) is 1. The molecule has 0 aliphatic rings. The number of rotatable bonds is 6. The second kappa shape index (κ2) is 7.42. The quantitative estimate of drug-likeness (QED) is 0.597. The van der Waals surface area contributed by atoms with Crippen LogP contribution in [0.4, 0.5) is 0 Å². The number of hydrogen-bond donors (Lipinski definition) is 0. The number of aromatic nitrogens is 1. The van der Waals surface area contributed by atoms with Gasteiger partial charge in [0.05, 0.1) is 29.2 Å². The van der Waals surface area contributed by atoms with Crippen molar-refractivity contribution >= 4 is 45.5 Å². The van der Waals surface area contributed by atoms with Crippen LogP contribution in [0.5, 0.6) is 0 Å². The number of fused-ring (bicyclic) bond motifs is 1. The third kappa shape index (κ3) is 5.02. The molecule has 1 aromatic carbocycles. The van der Waals surface area contributed by atoms with E-state index in [4.69, 9.17) is 8.92 Å². The summed E-state index contributed by atoms with van der Waals surface area (Å²) in [5.74, 6) is -0.855. The van der Waals surface area contributed by atoms with E-state index < -0.39 is 11.9 Å². The Morgan fingerprint density at radius 2 is 1.95 bits per heavy atom. The molecule has 2 aromatic rings. The lowest BCUT2D eigenvalue weighted by molar-refractivity contribution is -0.149. The predicted molar refractivity (Wildman–Crippen MR) is 82.0 cm³/mol. The number of thiazole rings is 1. The molecule has 0 saturated heterocycles. The summed E-state index contributed by atoms with van der Waals surface area (Å²) in [6.45, 7) is 3.53. The smallest absolute Gasteiger partial charge is 0.318 e. The standard InChI is InChI=1S/C14H15NO4S2/c1-9(2)18-12(16)7-8-13(17)19-21-14-15-10-5-3-4-6-11(10)20-14/h3-6,9H,7-8H2,1-2H3. The summed E-state index contributed by atoms with van der Waals surface area (Å²) in [5.41, 5.74) is 0.876. The van der Waals surface area contributed by atoms with Crippen LogP contribution in [0.25, 0.3) is 10.2 Å². The van der Waals surface area contributed by atoms with Gasteiger partial charge < -0.3 is 8.92 Å². The van der Waals surface area contributed by atoms with Crippen LogP contribution < -0.4 is 0 Å². The second-order valence-electron chi connectivity index (χ2n) is 4.52. The van der Waals surface area contributed by atoms with Crippen LogP contribution in [0.3, 0.4) is 0 Å². The Bertz CT molecular complexity index is 606. The highest BCUT2D eigenvalue weighted by Gasteiger charge is 2.12. The zero-order chi connectivity index (χ0) is 15.2. The molecule has 1 heterocycles. The first kappa shape index (κ1) is 15.8. The zero-order valence-corrected chi connectivity index (χ0v) is 13.3. The Hall–Kier alpha value is -1.60. The molecule has 0 amide bonds. The van der Waals surface area contributed by atoms with E-state index >= 15 is 0 Å². The molecule has 0 aliphatic heterocycles. The summed E-state index contributed by atoms with van der Waals surface area (Å²) < 4.78 is 11.7. The van der Waals surface area contributed by atoms with Crippen molar-refractivity contribution < 1.29 is 18.5 Å². The number of esters is 1. The summed E-state index contributed by atoms with van der Waals surface area (Å²) in [6.07, 6.45) is -0.147. The van der Waals surface area contributed by atoms with Gasteiger partial charge in [0.25, 0.3) is 0 Å². The number of benzene rings is 1. The molecule has 7 heteroatoms. The second-order valence-corrected chi connectivity index (χ2v) is 6.53. The SMILES string of the molecule is CC(C)OC(=O)CCC(=O)OSc1nc2ccccc2s1. The first-order valence-electron chi connectivity index (χ1n) is 6.47. The number of para-hydroxylation sites is 1. The molecule has 2 rings (SSSR count). The molecular formula is C14H15NO4S2. The average Bonchev–Trinajstić information content (AvgIpc) is 2.85. The van der Waals surface area contributed by atoms with Crippen LogP contribution in [0.1, 0.15) is 26.7 Å². The number of carbonyl (C=O) groups excluding carboxylic acids is 2. The molecule has 0 N–H and O–H groups in total. The number of carbonyl (C=O) groups is 2. The van der Waals surface area contributed by atoms with E-state index in [1.54, 1.807) is 13.8 Å². The van der Waals surface area contributed by atoms with Crippen LogP contribution in [0.15, 0.2) is 28.6 Å². The monoisotopic (exact) mass is 325 g/mol. The molecule has 0 fully saturated rings. The largest absolute Gasteiger partial charge is 0.463 e. The molecule has 112 valence electrons. The van der Waals surface area contributed by atoms with Gasteiger partial charge in [0, 0.05) is 0 Å². The van der Waals surface area contributed by atoms with E-state index in [9.17, 15) is 9.59 Å². The molecular weight excluding hydrogens is 310 g/mol. The van der Waals surface area contributed by atoms with E-state index in [1.807, 2.05) is 24.3 Å². The van der Waals surface area contributed by atoms with Crippen LogP contribution >= 0.6 is 23.4 Å². The summed E-state index contributed by atoms with van der Waals surface area (Å²) in [4.78, 5) is 27.2. The minimum absolute atomic E-state index is 0.00342. The third-order valence-electron chi connectivity index (χ3n) is 2.38. The predicted octanol–water partition coefficient (Wildman–Crippen LogP) is 3.58. The normalized spacial score (nSPS) is 10.8. The van der Waals surface area contributed by atoms with Gasteiger partial charge in [-0.15, -0.1) is 11.3 Å². The Kier molecular flexibility index (Phi) is 5.58. The van der Waals surface area contributed by atoms with Gasteiger partial charge in [0.2, 0.25) is 0 Å². The molecule has 0 atom stereocenters. The van der Waals surface area contributed by atoms with Crippen molar-refractivity contribution in [2.24, 2.45) is 0 Å². The van der Waals surface area contributed by atoms with Gasteiger partial charge in [-0.25, -0.2) is 4.98 Å². The average molecular weight is 325 g/mol. The molecule has 1 aromatic heterocycles. The fourth-order valence-corrected chi connectivity index (χ4v) is 3.12. The van der Waals surface area contributed by atoms with Gasteiger partial charge in [-0.05, 0) is 26.0 Å². The molecule has 0 saturated carbocycles. The maximum Gasteiger partial charge on any atom is 0.318 e. The lowest BCUT2D eigenvalue weighted by atomic mass is 10.3. The first-order chi connectivity index (χ1) is 10.0. The van der Waals surface area contributed by atoms with E-state index in [-0.39, 0.29) is 18.9 Å². The molecule has 5 nitrogen and oxygen atoms in total. The zero-order valence-electron chi connectivity index (χ0n) is 11.7. The van der Waals surface area contributed by atoms with Crippen LogP contribution in [0, 0.1) is 0 Å². The Labute approximate surface area is 130 Å². The topological polar surface area (TPSA) is 65.5 Å². The van der Waals surface area contributed by atoms with E-state index in [0.29, 0.717) is 4.34 Å². The van der Waals surface area contributed by atoms with Gasteiger partial charge in [-0.2, -0.15) is 0 Å². The number of nitrogens with zero attached hydrogens (tertiary/aromatic N) is 1. The van der Waals surface area contributed by atoms with Gasteiger partial charge in [0.1, 0.15) is 12.0 Å². The first-order valence-corrected chi connectivity index (χ1v) is 8.03. The fraction of sp³-hybridized carbons (Fsp3) is 0.357. The third-order valence-corrected chi connectivity index (χ3v) is 4.17. The minimum atomic E-state index is -0.458. The van der Waals surface area contributed by atoms with E-state index in [1.165, 1.54) is 11.3 Å². The lowest BCUT2D eigenvalue weighted by Gasteiger charge is -2.06. The van der Waals surface area contributed by atoms with Gasteiger partial charge in [-0.1, -0.05) is 12.1 Å². The maximum absolute atomic E-state index is 11.5. The maximum atomic E-state index is 11.5. The van der Waals surface area contributed by atoms with Crippen molar-refractivity contribution in [1.82, 2.24) is 4.98 Å². The van der Waals surface area contributed by atoms with Crippen LogP contribution in [-0.4, -0.2) is 23.0 Å². The van der Waals surface area contributed by atoms with Crippen molar-refractivity contribution in [3.63, 3.8) is 0 Å². The molecule has 0 bridgehead atoms. The summed E-state index contributed by atoms with van der Waals surface area (Å²) in [6, 6.07) is 7.70. The van der Waals surface area contributed by atoms with Crippen molar-refractivity contribution in [2.75, 3.05) is 0 Å². The Morgan fingerprint density at radius 3 is 2.67 bits per heavy atom. The molecule has 0 spiro atoms. The minimum Gasteiger partial charge on any atom is -0.463 e. The Morgan fingerprint density at radius 1 is 1.24 bits per heavy atom. The molecule has 0 radical (unpaired) electrons. The van der Waals surface area contributed by atoms with Crippen molar-refractivity contribution in [3.8, 4) is 0 Å². The molecule has 21 heavy (non-hydrogen) atoms. The van der Waals surface area contributed by atoms with Gasteiger partial charge in [0.15, 0.2) is 4.34 Å². The van der Waals surface area contributed by atoms with E-state index in [0.717, 1.165) is 22.3 Å². The summed E-state index contributed by atoms with van der Waals surface area (Å²) in [5, 5.41) is 0. The molecule has 0 aliphatic carbocycles. The van der Waals surface area contributed by atoms with Crippen molar-refractivity contribution in [1.29, 1.82) is 0 Å². The lowest BCUT2D eigenvalue weighted by Crippen LogP contribution is -2.13. The van der Waals surface area contributed by atoms with Gasteiger partial charge >= 0.3 is 11.9 Å². The van der Waals surface area contributed by atoms with Gasteiger partial charge in [-0.3, -0.25) is 9.59 Å². The van der Waals surface area contributed by atoms with Crippen molar-refractivity contribution in [2.45, 2.75) is 37.1 Å². The van der Waals surface area contributed by atoms with E-state index in [2.05, 4.69) is 4.98 Å². The summed E-state index contributed by atoms with van der Waals surface area (Å²) in [7, 11) is 0. The Balaban J connectivity index is 1.77.